The van der Waals surface area contributed by atoms with E-state index in [1.165, 1.54) is 0 Å². The number of guanidine groups is 1. The van der Waals surface area contributed by atoms with Crippen LogP contribution in [0.3, 0.4) is 0 Å². The van der Waals surface area contributed by atoms with Crippen LogP contribution < -0.4 is 5.32 Å². The highest BCUT2D eigenvalue weighted by atomic mass is 127. The first-order valence-corrected chi connectivity index (χ1v) is 11.5. The summed E-state index contributed by atoms with van der Waals surface area (Å²) in [6.45, 7) is 3.82. The summed E-state index contributed by atoms with van der Waals surface area (Å²) in [5.74, 6) is 1.85. The van der Waals surface area contributed by atoms with Crippen LogP contribution in [0.15, 0.2) is 4.99 Å². The molecule has 1 saturated carbocycles. The average molecular weight is 499 g/mol. The molecule has 6 nitrogen and oxygen atoms in total. The summed E-state index contributed by atoms with van der Waals surface area (Å²) in [7, 11) is -1.20. The lowest BCUT2D eigenvalue weighted by molar-refractivity contribution is 0.0642. The van der Waals surface area contributed by atoms with Gasteiger partial charge in [-0.05, 0) is 38.0 Å². The number of hydrogen-bond donors (Lipinski definition) is 1. The number of rotatable bonds is 3. The van der Waals surface area contributed by atoms with E-state index in [9.17, 15) is 8.42 Å². The van der Waals surface area contributed by atoms with Gasteiger partial charge in [0.05, 0.1) is 10.5 Å². The van der Waals surface area contributed by atoms with Gasteiger partial charge in [-0.3, -0.25) is 4.99 Å². The number of ether oxygens (including phenoxy) is 1. The van der Waals surface area contributed by atoms with E-state index >= 15 is 0 Å². The van der Waals surface area contributed by atoms with E-state index in [2.05, 4.69) is 15.2 Å². The minimum Gasteiger partial charge on any atom is -0.381 e. The summed E-state index contributed by atoms with van der Waals surface area (Å²) in [4.78, 5) is 6.61. The number of aliphatic imine (C=N–C) groups is 1. The van der Waals surface area contributed by atoms with Crippen molar-refractivity contribution in [1.82, 2.24) is 10.2 Å². The van der Waals surface area contributed by atoms with Crippen molar-refractivity contribution in [1.29, 1.82) is 0 Å². The maximum absolute atomic E-state index is 12.7. The van der Waals surface area contributed by atoms with Crippen molar-refractivity contribution >= 4 is 39.8 Å². The second kappa shape index (κ2) is 9.91. The summed E-state index contributed by atoms with van der Waals surface area (Å²) in [6.07, 6.45) is 8.26. The summed E-state index contributed by atoms with van der Waals surface area (Å²) in [5.41, 5.74) is 0. The molecule has 3 aliphatic rings. The summed E-state index contributed by atoms with van der Waals surface area (Å²) >= 11 is 0. The molecule has 1 spiro atoms. The Balaban J connectivity index is 0.00000243. The molecule has 0 aromatic rings. The quantitative estimate of drug-likeness (QED) is 0.367. The van der Waals surface area contributed by atoms with Crippen LogP contribution in [0.4, 0.5) is 0 Å². The van der Waals surface area contributed by atoms with E-state index in [1.807, 2.05) is 0 Å². The smallest absolute Gasteiger partial charge is 0.193 e. The van der Waals surface area contributed by atoms with Crippen molar-refractivity contribution in [3.8, 4) is 0 Å². The monoisotopic (exact) mass is 499 g/mol. The van der Waals surface area contributed by atoms with E-state index in [-0.39, 0.29) is 29.7 Å². The minimum atomic E-state index is -3.00. The van der Waals surface area contributed by atoms with Crippen LogP contribution in [0.1, 0.15) is 51.4 Å². The van der Waals surface area contributed by atoms with Gasteiger partial charge in [0.1, 0.15) is 0 Å². The Bertz CT molecular complexity index is 570. The summed E-state index contributed by atoms with van der Waals surface area (Å²) in [5, 5.41) is 3.48. The third-order valence-electron chi connectivity index (χ3n) is 6.22. The van der Waals surface area contributed by atoms with Crippen molar-refractivity contribution < 1.29 is 13.2 Å². The largest absolute Gasteiger partial charge is 0.381 e. The van der Waals surface area contributed by atoms with Crippen LogP contribution in [0, 0.1) is 5.92 Å². The Kier molecular flexibility index (Phi) is 8.46. The van der Waals surface area contributed by atoms with Gasteiger partial charge in [0.2, 0.25) is 0 Å². The van der Waals surface area contributed by atoms with Crippen LogP contribution in [0.5, 0.6) is 0 Å². The fourth-order valence-electron chi connectivity index (χ4n) is 4.57. The Morgan fingerprint density at radius 1 is 1.23 bits per heavy atom. The SMILES string of the molecule is CN=C(NCCC1CCOCC1)N1CCS(=O)(=O)C2(CCCCC2)C1.I. The molecule has 26 heavy (non-hydrogen) atoms. The number of hydrogen-bond acceptors (Lipinski definition) is 4. The van der Waals surface area contributed by atoms with Crippen LogP contribution >= 0.6 is 24.0 Å². The second-order valence-electron chi connectivity index (χ2n) is 7.80. The second-order valence-corrected chi connectivity index (χ2v) is 10.3. The number of halogens is 1. The zero-order valence-electron chi connectivity index (χ0n) is 15.9. The Hall–Kier alpha value is -0.0900. The molecular formula is C18H34IN3O3S. The van der Waals surface area contributed by atoms with Gasteiger partial charge in [-0.1, -0.05) is 19.3 Å². The molecule has 152 valence electrons. The van der Waals surface area contributed by atoms with Crippen LogP contribution in [-0.2, 0) is 14.6 Å². The van der Waals surface area contributed by atoms with Gasteiger partial charge >= 0.3 is 0 Å². The highest BCUT2D eigenvalue weighted by Gasteiger charge is 2.48. The van der Waals surface area contributed by atoms with E-state index in [0.717, 1.165) is 83.0 Å². The molecule has 0 radical (unpaired) electrons. The molecule has 2 heterocycles. The molecule has 3 rings (SSSR count). The molecule has 0 aromatic carbocycles. The molecule has 0 unspecified atom stereocenters. The van der Waals surface area contributed by atoms with E-state index in [4.69, 9.17) is 4.74 Å². The molecule has 0 atom stereocenters. The lowest BCUT2D eigenvalue weighted by atomic mass is 9.87. The molecule has 3 fully saturated rings. The molecule has 1 N–H and O–H groups in total. The fourth-order valence-corrected chi connectivity index (χ4v) is 6.73. The van der Waals surface area contributed by atoms with E-state index < -0.39 is 14.6 Å². The standard InChI is InChI=1S/C18H33N3O3S.HI/c1-19-17(20-10-5-16-6-12-24-13-7-16)21-11-14-25(22,23)18(15-21)8-3-2-4-9-18;/h16H,2-15H2,1H3,(H,19,20);1H. The van der Waals surface area contributed by atoms with Gasteiger partial charge in [-0.25, -0.2) is 8.42 Å². The molecule has 2 saturated heterocycles. The van der Waals surface area contributed by atoms with Crippen molar-refractivity contribution in [3.05, 3.63) is 0 Å². The van der Waals surface area contributed by atoms with Crippen molar-refractivity contribution in [2.75, 3.05) is 45.6 Å². The van der Waals surface area contributed by atoms with E-state index in [1.54, 1.807) is 7.05 Å². The molecule has 0 amide bonds. The summed E-state index contributed by atoms with van der Waals surface area (Å²) < 4.78 is 30.4. The van der Waals surface area contributed by atoms with Gasteiger partial charge in [0, 0.05) is 39.9 Å². The van der Waals surface area contributed by atoms with Crippen LogP contribution in [-0.4, -0.2) is 69.7 Å². The zero-order chi connectivity index (χ0) is 17.8. The van der Waals surface area contributed by atoms with Crippen molar-refractivity contribution in [2.45, 2.75) is 56.1 Å². The Morgan fingerprint density at radius 3 is 2.58 bits per heavy atom. The predicted octanol–water partition coefficient (Wildman–Crippen LogP) is 2.43. The van der Waals surface area contributed by atoms with Crippen molar-refractivity contribution in [2.24, 2.45) is 10.9 Å². The molecule has 2 aliphatic heterocycles. The fraction of sp³-hybridized carbons (Fsp3) is 0.944. The van der Waals surface area contributed by atoms with Gasteiger partial charge in [-0.15, -0.1) is 24.0 Å². The molecule has 0 aromatic heterocycles. The molecular weight excluding hydrogens is 465 g/mol. The third-order valence-corrected chi connectivity index (χ3v) is 8.80. The molecule has 0 bridgehead atoms. The van der Waals surface area contributed by atoms with Crippen LogP contribution in [0.2, 0.25) is 0 Å². The topological polar surface area (TPSA) is 71.0 Å². The first-order chi connectivity index (χ1) is 12.1. The molecule has 1 aliphatic carbocycles. The minimum absolute atomic E-state index is 0. The maximum Gasteiger partial charge on any atom is 0.193 e. The summed E-state index contributed by atoms with van der Waals surface area (Å²) in [6, 6.07) is 0. The Labute approximate surface area is 175 Å². The number of nitrogens with zero attached hydrogens (tertiary/aromatic N) is 2. The predicted molar refractivity (Wildman–Crippen MR) is 116 cm³/mol. The normalized spacial score (nSPS) is 26.3. The lowest BCUT2D eigenvalue weighted by Gasteiger charge is -2.45. The van der Waals surface area contributed by atoms with E-state index in [0.29, 0.717) is 13.1 Å². The van der Waals surface area contributed by atoms with Gasteiger partial charge in [0.25, 0.3) is 0 Å². The lowest BCUT2D eigenvalue weighted by Crippen LogP contribution is -2.60. The van der Waals surface area contributed by atoms with Gasteiger partial charge in [0.15, 0.2) is 15.8 Å². The van der Waals surface area contributed by atoms with Gasteiger partial charge < -0.3 is 15.0 Å². The zero-order valence-corrected chi connectivity index (χ0v) is 19.1. The average Bonchev–Trinajstić information content (AvgIpc) is 2.63. The first kappa shape index (κ1) is 22.2. The van der Waals surface area contributed by atoms with Crippen LogP contribution in [0.25, 0.3) is 0 Å². The first-order valence-electron chi connectivity index (χ1n) is 9.82. The maximum atomic E-state index is 12.7. The Morgan fingerprint density at radius 2 is 1.92 bits per heavy atom. The number of sulfone groups is 1. The van der Waals surface area contributed by atoms with Gasteiger partial charge in [-0.2, -0.15) is 0 Å². The highest BCUT2D eigenvalue weighted by molar-refractivity contribution is 14.0. The molecule has 8 heteroatoms. The van der Waals surface area contributed by atoms with Crippen molar-refractivity contribution in [3.63, 3.8) is 0 Å². The third kappa shape index (κ3) is 5.04. The highest BCUT2D eigenvalue weighted by Crippen LogP contribution is 2.38. The number of nitrogens with one attached hydrogen (secondary N) is 1.